The first kappa shape index (κ1) is 18.7. The van der Waals surface area contributed by atoms with Gasteiger partial charge in [0, 0.05) is 44.1 Å². The van der Waals surface area contributed by atoms with E-state index in [0.29, 0.717) is 32.1 Å². The minimum atomic E-state index is -0.692. The van der Waals surface area contributed by atoms with Crippen LogP contribution < -0.4 is 10.6 Å². The van der Waals surface area contributed by atoms with E-state index in [9.17, 15) is 14.0 Å². The summed E-state index contributed by atoms with van der Waals surface area (Å²) in [5.41, 5.74) is 0.551. The molecule has 3 heterocycles. The van der Waals surface area contributed by atoms with Gasteiger partial charge in [-0.15, -0.1) is 0 Å². The van der Waals surface area contributed by atoms with E-state index in [1.54, 1.807) is 35.5 Å². The molecule has 1 fully saturated rings. The van der Waals surface area contributed by atoms with Crippen molar-refractivity contribution in [3.05, 3.63) is 70.3 Å². The lowest BCUT2D eigenvalue weighted by molar-refractivity contribution is 0.0740. The molecule has 8 nitrogen and oxygen atoms in total. The van der Waals surface area contributed by atoms with E-state index < -0.39 is 11.5 Å². The van der Waals surface area contributed by atoms with Crippen molar-refractivity contribution in [2.45, 2.75) is 6.92 Å². The second kappa shape index (κ2) is 7.78. The highest BCUT2D eigenvalue weighted by molar-refractivity contribution is 5.93. The number of carbonyl (C=O) groups is 1. The number of rotatable bonds is 3. The van der Waals surface area contributed by atoms with E-state index in [0.717, 1.165) is 5.56 Å². The highest BCUT2D eigenvalue weighted by atomic mass is 19.1. The maximum absolute atomic E-state index is 14.2. The second-order valence-corrected chi connectivity index (χ2v) is 6.80. The first-order valence-corrected chi connectivity index (χ1v) is 9.20. The van der Waals surface area contributed by atoms with Crippen molar-refractivity contribution in [1.82, 2.24) is 24.8 Å². The number of halogens is 1. The minimum Gasteiger partial charge on any atom is -0.337 e. The molecule has 3 aromatic rings. The Labute approximate surface area is 166 Å². The molecule has 1 aliphatic heterocycles. The van der Waals surface area contributed by atoms with Gasteiger partial charge >= 0.3 is 5.69 Å². The van der Waals surface area contributed by atoms with Crippen LogP contribution in [0.25, 0.3) is 11.3 Å². The van der Waals surface area contributed by atoms with Crippen molar-refractivity contribution >= 4 is 11.9 Å². The number of benzene rings is 1. The molecule has 29 heavy (non-hydrogen) atoms. The molecule has 0 bridgehead atoms. The van der Waals surface area contributed by atoms with Gasteiger partial charge in [0.1, 0.15) is 11.5 Å². The molecule has 4 rings (SSSR count). The van der Waals surface area contributed by atoms with E-state index in [2.05, 4.69) is 19.9 Å². The van der Waals surface area contributed by atoms with Crippen LogP contribution in [0.15, 0.2) is 47.5 Å². The molecule has 1 N–H and O–H groups in total. The van der Waals surface area contributed by atoms with E-state index in [1.165, 1.54) is 12.1 Å². The fourth-order valence-corrected chi connectivity index (χ4v) is 3.28. The van der Waals surface area contributed by atoms with Crippen molar-refractivity contribution in [1.29, 1.82) is 0 Å². The molecule has 0 spiro atoms. The summed E-state index contributed by atoms with van der Waals surface area (Å²) >= 11 is 0. The highest BCUT2D eigenvalue weighted by Crippen LogP contribution is 2.22. The maximum Gasteiger partial charge on any atom is 0.346 e. The Morgan fingerprint density at radius 3 is 2.55 bits per heavy atom. The Hall–Kier alpha value is -3.62. The molecule has 0 atom stereocenters. The van der Waals surface area contributed by atoms with Crippen LogP contribution in [0.3, 0.4) is 0 Å². The number of H-pyrrole nitrogens is 1. The summed E-state index contributed by atoms with van der Waals surface area (Å²) < 4.78 is 14.2. The number of aromatic nitrogens is 4. The molecule has 1 aliphatic rings. The molecular weight excluding hydrogens is 375 g/mol. The third kappa shape index (κ3) is 3.98. The zero-order valence-corrected chi connectivity index (χ0v) is 15.8. The van der Waals surface area contributed by atoms with Crippen LogP contribution in [0.4, 0.5) is 10.3 Å². The number of aryl methyl sites for hydroxylation is 1. The topological polar surface area (TPSA) is 95.1 Å². The van der Waals surface area contributed by atoms with Crippen molar-refractivity contribution in [2.24, 2.45) is 0 Å². The van der Waals surface area contributed by atoms with E-state index in [-0.39, 0.29) is 22.9 Å². The quantitative estimate of drug-likeness (QED) is 0.726. The number of aromatic amines is 1. The van der Waals surface area contributed by atoms with Crippen molar-refractivity contribution in [3.8, 4) is 11.3 Å². The van der Waals surface area contributed by atoms with Gasteiger partial charge in [0.15, 0.2) is 0 Å². The number of piperazine rings is 1. The van der Waals surface area contributed by atoms with Gasteiger partial charge in [-0.25, -0.2) is 19.2 Å². The Balaban J connectivity index is 1.55. The fourth-order valence-electron chi connectivity index (χ4n) is 3.28. The molecule has 9 heteroatoms. The summed E-state index contributed by atoms with van der Waals surface area (Å²) in [4.78, 5) is 43.3. The Morgan fingerprint density at radius 2 is 1.83 bits per heavy atom. The molecule has 148 valence electrons. The van der Waals surface area contributed by atoms with Gasteiger partial charge in [0.05, 0.1) is 5.69 Å². The van der Waals surface area contributed by atoms with Crippen LogP contribution in [0.1, 0.15) is 16.1 Å². The SMILES string of the molecule is Cc1ccc(F)c(-c2cc(C(=O)N3CCN(c4ncccn4)CC3)[nH]c(=O)n2)c1. The van der Waals surface area contributed by atoms with Gasteiger partial charge < -0.3 is 14.8 Å². The molecule has 0 radical (unpaired) electrons. The number of amides is 1. The third-order valence-corrected chi connectivity index (χ3v) is 4.77. The summed E-state index contributed by atoms with van der Waals surface area (Å²) in [6, 6.07) is 7.73. The number of anilines is 1. The number of hydrogen-bond acceptors (Lipinski definition) is 6. The summed E-state index contributed by atoms with van der Waals surface area (Å²) in [7, 11) is 0. The van der Waals surface area contributed by atoms with Gasteiger partial charge in [-0.05, 0) is 31.2 Å². The molecular formula is C20H19FN6O2. The lowest BCUT2D eigenvalue weighted by Gasteiger charge is -2.34. The maximum atomic E-state index is 14.2. The van der Waals surface area contributed by atoms with E-state index >= 15 is 0 Å². The van der Waals surface area contributed by atoms with Crippen molar-refractivity contribution in [3.63, 3.8) is 0 Å². The highest BCUT2D eigenvalue weighted by Gasteiger charge is 2.24. The van der Waals surface area contributed by atoms with Crippen molar-refractivity contribution < 1.29 is 9.18 Å². The normalized spacial score (nSPS) is 14.1. The number of carbonyl (C=O) groups excluding carboxylic acids is 1. The van der Waals surface area contributed by atoms with Gasteiger partial charge in [-0.2, -0.15) is 4.98 Å². The zero-order chi connectivity index (χ0) is 20.4. The second-order valence-electron chi connectivity index (χ2n) is 6.80. The Kier molecular flexibility index (Phi) is 5.03. The summed E-state index contributed by atoms with van der Waals surface area (Å²) in [6.45, 7) is 3.87. The van der Waals surface area contributed by atoms with E-state index in [4.69, 9.17) is 0 Å². The summed E-state index contributed by atoms with van der Waals surface area (Å²) in [5.74, 6) is -0.204. The predicted molar refractivity (Wildman–Crippen MR) is 105 cm³/mol. The number of nitrogens with one attached hydrogen (secondary N) is 1. The zero-order valence-electron chi connectivity index (χ0n) is 15.8. The van der Waals surface area contributed by atoms with Crippen molar-refractivity contribution in [2.75, 3.05) is 31.1 Å². The van der Waals surface area contributed by atoms with E-state index in [1.807, 2.05) is 11.8 Å². The Bertz CT molecular complexity index is 1090. The standard InChI is InChI=1S/C20H19FN6O2/c1-13-3-4-15(21)14(11-13)16-12-17(25-20(29)24-16)18(28)26-7-9-27(10-8-26)19-22-5-2-6-23-19/h2-6,11-12H,7-10H2,1H3,(H,24,25,29). The largest absolute Gasteiger partial charge is 0.346 e. The first-order valence-electron chi connectivity index (χ1n) is 9.20. The third-order valence-electron chi connectivity index (χ3n) is 4.77. The van der Waals surface area contributed by atoms with Gasteiger partial charge in [-0.3, -0.25) is 4.79 Å². The van der Waals surface area contributed by atoms with Crippen LogP contribution in [0.2, 0.25) is 0 Å². The minimum absolute atomic E-state index is 0.0883. The molecule has 0 saturated carbocycles. The van der Waals surface area contributed by atoms with Crippen LogP contribution in [0.5, 0.6) is 0 Å². The summed E-state index contributed by atoms with van der Waals surface area (Å²) in [6.07, 6.45) is 3.35. The fraction of sp³-hybridized carbons (Fsp3) is 0.250. The van der Waals surface area contributed by atoms with Crippen LogP contribution >= 0.6 is 0 Å². The predicted octanol–water partition coefficient (Wildman–Crippen LogP) is 1.64. The van der Waals surface area contributed by atoms with Gasteiger partial charge in [0.25, 0.3) is 5.91 Å². The van der Waals surface area contributed by atoms with Crippen LogP contribution in [-0.2, 0) is 0 Å². The molecule has 1 aromatic carbocycles. The van der Waals surface area contributed by atoms with Gasteiger partial charge in [-0.1, -0.05) is 11.6 Å². The average Bonchev–Trinajstić information content (AvgIpc) is 2.75. The van der Waals surface area contributed by atoms with Crippen LogP contribution in [-0.4, -0.2) is 56.9 Å². The lowest BCUT2D eigenvalue weighted by Crippen LogP contribution is -2.49. The summed E-state index contributed by atoms with van der Waals surface area (Å²) in [5, 5.41) is 0. The monoisotopic (exact) mass is 394 g/mol. The number of nitrogens with zero attached hydrogens (tertiary/aromatic N) is 5. The molecule has 0 unspecified atom stereocenters. The Morgan fingerprint density at radius 1 is 1.10 bits per heavy atom. The lowest BCUT2D eigenvalue weighted by atomic mass is 10.1. The number of hydrogen-bond donors (Lipinski definition) is 1. The molecule has 0 aliphatic carbocycles. The average molecular weight is 394 g/mol. The van der Waals surface area contributed by atoms with Crippen LogP contribution in [0, 0.1) is 12.7 Å². The first-order chi connectivity index (χ1) is 14.0. The van der Waals surface area contributed by atoms with Gasteiger partial charge in [0.2, 0.25) is 5.95 Å². The molecule has 2 aromatic heterocycles. The molecule has 1 amide bonds. The molecule has 1 saturated heterocycles. The smallest absolute Gasteiger partial charge is 0.337 e.